The van der Waals surface area contributed by atoms with E-state index in [4.69, 9.17) is 14.2 Å². The first kappa shape index (κ1) is 22.7. The van der Waals surface area contributed by atoms with Gasteiger partial charge in [0.1, 0.15) is 11.5 Å². The van der Waals surface area contributed by atoms with Gasteiger partial charge in [-0.25, -0.2) is 4.79 Å². The first-order valence-electron chi connectivity index (χ1n) is 11.2. The maximum absolute atomic E-state index is 12.4. The Balaban J connectivity index is 1.42. The highest BCUT2D eigenvalue weighted by atomic mass is 16.5. The number of benzene rings is 2. The number of aromatic nitrogens is 1. The summed E-state index contributed by atoms with van der Waals surface area (Å²) in [5, 5.41) is 6.84. The minimum Gasteiger partial charge on any atom is -0.493 e. The molecule has 0 aliphatic heterocycles. The molecule has 1 aliphatic carbocycles. The minimum atomic E-state index is -0.174. The predicted molar refractivity (Wildman–Crippen MR) is 130 cm³/mol. The number of ether oxygens (including phenoxy) is 3. The lowest BCUT2D eigenvalue weighted by Crippen LogP contribution is -2.42. The van der Waals surface area contributed by atoms with Gasteiger partial charge >= 0.3 is 6.03 Å². The van der Waals surface area contributed by atoms with Gasteiger partial charge in [0.15, 0.2) is 11.5 Å². The number of urea groups is 1. The van der Waals surface area contributed by atoms with Crippen molar-refractivity contribution in [3.05, 3.63) is 48.7 Å². The van der Waals surface area contributed by atoms with Crippen LogP contribution in [0.2, 0.25) is 0 Å². The standard InChI is InChI=1S/C26H31N3O4/c1-26(2)12-5-6-18(16-26)29-25(30)28-17-7-9-19(10-8-17)33-22-11-13-27-21-15-24(32-4)23(31-3)14-20(21)22/h7-11,13-15,18H,5-6,12,16H2,1-4H3,(H2,28,29,30). The molecule has 1 fully saturated rings. The Labute approximate surface area is 194 Å². The van der Waals surface area contributed by atoms with Gasteiger partial charge in [0.25, 0.3) is 0 Å². The summed E-state index contributed by atoms with van der Waals surface area (Å²) in [6.45, 7) is 4.52. The number of rotatable bonds is 6. The Morgan fingerprint density at radius 2 is 1.76 bits per heavy atom. The topological polar surface area (TPSA) is 81.7 Å². The number of nitrogens with one attached hydrogen (secondary N) is 2. The molecule has 1 aliphatic rings. The van der Waals surface area contributed by atoms with Crippen LogP contribution in [-0.2, 0) is 0 Å². The number of methoxy groups -OCH3 is 2. The van der Waals surface area contributed by atoms with Gasteiger partial charge in [-0.3, -0.25) is 4.98 Å². The zero-order valence-electron chi connectivity index (χ0n) is 19.6. The van der Waals surface area contributed by atoms with Crippen molar-refractivity contribution >= 4 is 22.6 Å². The first-order valence-corrected chi connectivity index (χ1v) is 11.2. The molecule has 0 radical (unpaired) electrons. The van der Waals surface area contributed by atoms with Crippen molar-refractivity contribution in [3.63, 3.8) is 0 Å². The second kappa shape index (κ2) is 9.57. The van der Waals surface area contributed by atoms with Gasteiger partial charge in [-0.2, -0.15) is 0 Å². The SMILES string of the molecule is COc1cc2nccc(Oc3ccc(NC(=O)NC4CCCC(C)(C)C4)cc3)c2cc1OC. The van der Waals surface area contributed by atoms with Crippen LogP contribution < -0.4 is 24.8 Å². The van der Waals surface area contributed by atoms with Crippen LogP contribution in [0.15, 0.2) is 48.7 Å². The molecule has 1 atom stereocenters. The van der Waals surface area contributed by atoms with E-state index in [2.05, 4.69) is 29.5 Å². The van der Waals surface area contributed by atoms with Crippen molar-refractivity contribution in [3.8, 4) is 23.0 Å². The fourth-order valence-electron chi connectivity index (χ4n) is 4.44. The van der Waals surface area contributed by atoms with Crippen molar-refractivity contribution < 1.29 is 19.0 Å². The van der Waals surface area contributed by atoms with Crippen LogP contribution in [0.4, 0.5) is 10.5 Å². The normalized spacial score (nSPS) is 17.3. The zero-order valence-corrected chi connectivity index (χ0v) is 19.6. The van der Waals surface area contributed by atoms with E-state index in [0.29, 0.717) is 28.7 Å². The molecule has 2 N–H and O–H groups in total. The molecule has 3 aromatic rings. The number of hydrogen-bond acceptors (Lipinski definition) is 5. The highest BCUT2D eigenvalue weighted by molar-refractivity contribution is 5.90. The third-order valence-electron chi connectivity index (χ3n) is 6.09. The maximum atomic E-state index is 12.4. The van der Waals surface area contributed by atoms with Crippen LogP contribution >= 0.6 is 0 Å². The van der Waals surface area contributed by atoms with E-state index in [1.165, 1.54) is 6.42 Å². The van der Waals surface area contributed by atoms with Gasteiger partial charge in [-0.1, -0.05) is 20.3 Å². The molecular formula is C26H31N3O4. The van der Waals surface area contributed by atoms with Crippen LogP contribution in [-0.4, -0.2) is 31.3 Å². The molecule has 1 saturated carbocycles. The summed E-state index contributed by atoms with van der Waals surface area (Å²) in [6.07, 6.45) is 6.08. The number of anilines is 1. The number of carbonyl (C=O) groups is 1. The van der Waals surface area contributed by atoms with Crippen molar-refractivity contribution in [2.45, 2.75) is 45.6 Å². The number of nitrogens with zero attached hydrogens (tertiary/aromatic N) is 1. The third-order valence-corrected chi connectivity index (χ3v) is 6.09. The average Bonchev–Trinajstić information content (AvgIpc) is 2.79. The Morgan fingerprint density at radius 3 is 2.45 bits per heavy atom. The highest BCUT2D eigenvalue weighted by Gasteiger charge is 2.28. The van der Waals surface area contributed by atoms with Crippen LogP contribution in [0.5, 0.6) is 23.0 Å². The van der Waals surface area contributed by atoms with Crippen LogP contribution in [0.1, 0.15) is 39.5 Å². The van der Waals surface area contributed by atoms with E-state index < -0.39 is 0 Å². The second-order valence-corrected chi connectivity index (χ2v) is 9.22. The van der Waals surface area contributed by atoms with Crippen LogP contribution in [0, 0.1) is 5.41 Å². The minimum absolute atomic E-state index is 0.174. The summed E-state index contributed by atoms with van der Waals surface area (Å²) in [5.41, 5.74) is 1.73. The van der Waals surface area contributed by atoms with E-state index in [1.54, 1.807) is 26.5 Å². The molecule has 7 nitrogen and oxygen atoms in total. The largest absolute Gasteiger partial charge is 0.493 e. The number of carbonyl (C=O) groups excluding carboxylic acids is 1. The van der Waals surface area contributed by atoms with E-state index in [0.717, 1.165) is 30.2 Å². The molecule has 174 valence electrons. The number of pyridine rings is 1. The lowest BCUT2D eigenvalue weighted by atomic mass is 9.75. The molecule has 0 spiro atoms. The predicted octanol–water partition coefficient (Wildman–Crippen LogP) is 6.13. The summed E-state index contributed by atoms with van der Waals surface area (Å²) in [4.78, 5) is 16.8. The van der Waals surface area contributed by atoms with Crippen molar-refractivity contribution in [2.24, 2.45) is 5.41 Å². The van der Waals surface area contributed by atoms with Crippen molar-refractivity contribution in [2.75, 3.05) is 19.5 Å². The third kappa shape index (κ3) is 5.48. The molecule has 1 unspecified atom stereocenters. The van der Waals surface area contributed by atoms with Crippen LogP contribution in [0.25, 0.3) is 10.9 Å². The van der Waals surface area contributed by atoms with E-state index in [1.807, 2.05) is 36.4 Å². The Kier molecular flexibility index (Phi) is 6.58. The second-order valence-electron chi connectivity index (χ2n) is 9.22. The van der Waals surface area contributed by atoms with Crippen molar-refractivity contribution in [1.82, 2.24) is 10.3 Å². The molecule has 4 rings (SSSR count). The molecule has 2 aromatic carbocycles. The van der Waals surface area contributed by atoms with Gasteiger partial charge in [-0.15, -0.1) is 0 Å². The summed E-state index contributed by atoms with van der Waals surface area (Å²) < 4.78 is 16.9. The highest BCUT2D eigenvalue weighted by Crippen LogP contribution is 2.37. The molecule has 7 heteroatoms. The summed E-state index contributed by atoms with van der Waals surface area (Å²) in [6, 6.07) is 12.8. The Morgan fingerprint density at radius 1 is 1.03 bits per heavy atom. The molecule has 33 heavy (non-hydrogen) atoms. The van der Waals surface area contributed by atoms with Crippen molar-refractivity contribution in [1.29, 1.82) is 0 Å². The molecule has 1 heterocycles. The molecule has 2 amide bonds. The first-order chi connectivity index (χ1) is 15.9. The molecule has 1 aromatic heterocycles. The quantitative estimate of drug-likeness (QED) is 0.473. The summed E-state index contributed by atoms with van der Waals surface area (Å²) >= 11 is 0. The fraction of sp³-hybridized carbons (Fsp3) is 0.385. The summed E-state index contributed by atoms with van der Waals surface area (Å²) in [7, 11) is 3.19. The fourth-order valence-corrected chi connectivity index (χ4v) is 4.44. The molecule has 0 bridgehead atoms. The monoisotopic (exact) mass is 449 g/mol. The van der Waals surface area contributed by atoms with Gasteiger partial charge in [0.2, 0.25) is 0 Å². The Bertz CT molecular complexity index is 1130. The number of hydrogen-bond donors (Lipinski definition) is 2. The number of fused-ring (bicyclic) bond motifs is 1. The smallest absolute Gasteiger partial charge is 0.319 e. The van der Waals surface area contributed by atoms with Gasteiger partial charge in [0.05, 0.1) is 19.7 Å². The maximum Gasteiger partial charge on any atom is 0.319 e. The molecule has 0 saturated heterocycles. The zero-order chi connectivity index (χ0) is 23.4. The lowest BCUT2D eigenvalue weighted by Gasteiger charge is -2.35. The van der Waals surface area contributed by atoms with Crippen LogP contribution in [0.3, 0.4) is 0 Å². The molecular weight excluding hydrogens is 418 g/mol. The lowest BCUT2D eigenvalue weighted by molar-refractivity contribution is 0.196. The average molecular weight is 450 g/mol. The summed E-state index contributed by atoms with van der Waals surface area (Å²) in [5.74, 6) is 2.52. The van der Waals surface area contributed by atoms with E-state index in [-0.39, 0.29) is 17.5 Å². The van der Waals surface area contributed by atoms with Gasteiger partial charge < -0.3 is 24.8 Å². The number of amides is 2. The van der Waals surface area contributed by atoms with Gasteiger partial charge in [0, 0.05) is 29.4 Å². The van der Waals surface area contributed by atoms with E-state index in [9.17, 15) is 4.79 Å². The van der Waals surface area contributed by atoms with Gasteiger partial charge in [-0.05, 0) is 61.1 Å². The Hall–Kier alpha value is -3.48. The van der Waals surface area contributed by atoms with E-state index >= 15 is 0 Å².